The van der Waals surface area contributed by atoms with Crippen LogP contribution in [0.4, 0.5) is 0 Å². The Morgan fingerprint density at radius 3 is 1.71 bits per heavy atom. The minimum Gasteiger partial charge on any atom is -0.308 e. The third kappa shape index (κ3) is 4.54. The molecule has 0 unspecified atom stereocenters. The van der Waals surface area contributed by atoms with Crippen molar-refractivity contribution in [3.8, 4) is 39.9 Å². The van der Waals surface area contributed by atoms with Gasteiger partial charge < -0.3 is 4.57 Å². The van der Waals surface area contributed by atoms with Crippen LogP contribution >= 0.6 is 11.3 Å². The van der Waals surface area contributed by atoms with Crippen LogP contribution in [0.1, 0.15) is 0 Å². The molecule has 3 aromatic heterocycles. The van der Waals surface area contributed by atoms with Crippen molar-refractivity contribution in [3.05, 3.63) is 115 Å². The van der Waals surface area contributed by atoms with E-state index < -0.39 is 0 Å². The molecule has 9 rings (SSSR count). The van der Waals surface area contributed by atoms with E-state index in [0.717, 1.165) is 48.0 Å². The lowest BCUT2D eigenvalue weighted by atomic mass is 9.60. The van der Waals surface area contributed by atoms with Crippen LogP contribution in [0.3, 0.4) is 0 Å². The number of benzene rings is 6. The van der Waals surface area contributed by atoms with Crippen LogP contribution < -0.4 is 27.3 Å². The maximum absolute atomic E-state index is 6.51. The molecular weight excluding hydrogens is 611 g/mol. The summed E-state index contributed by atoms with van der Waals surface area (Å²) in [6.45, 7) is 0. The van der Waals surface area contributed by atoms with E-state index in [2.05, 4.69) is 77.4 Å². The Morgan fingerprint density at radius 1 is 0.469 bits per heavy atom. The first kappa shape index (κ1) is 29.8. The first-order valence-electron chi connectivity index (χ1n) is 15.7. The van der Waals surface area contributed by atoms with E-state index in [9.17, 15) is 0 Å². The van der Waals surface area contributed by atoms with Gasteiger partial charge in [0.1, 0.15) is 39.2 Å². The van der Waals surface area contributed by atoms with E-state index in [1.807, 2.05) is 42.5 Å². The van der Waals surface area contributed by atoms with Crippen molar-refractivity contribution in [2.45, 2.75) is 0 Å². The molecule has 0 aliphatic heterocycles. The number of rotatable bonds is 4. The van der Waals surface area contributed by atoms with Crippen LogP contribution in [0.2, 0.25) is 0 Å². The second-order valence-corrected chi connectivity index (χ2v) is 13.0. The van der Waals surface area contributed by atoms with E-state index in [1.54, 1.807) is 11.3 Å². The largest absolute Gasteiger partial charge is 0.308 e. The van der Waals surface area contributed by atoms with E-state index >= 15 is 0 Å². The molecule has 6 aromatic carbocycles. The van der Waals surface area contributed by atoms with Crippen molar-refractivity contribution in [2.75, 3.05) is 0 Å². The molecule has 0 atom stereocenters. The summed E-state index contributed by atoms with van der Waals surface area (Å²) >= 11 is 1.75. The second-order valence-electron chi connectivity index (χ2n) is 11.9. The highest BCUT2D eigenvalue weighted by Gasteiger charge is 2.22. The Kier molecular flexibility index (Phi) is 6.92. The van der Waals surface area contributed by atoms with Crippen LogP contribution in [0.5, 0.6) is 0 Å². The molecule has 0 amide bonds. The van der Waals surface area contributed by atoms with Gasteiger partial charge in [0.05, 0.1) is 21.4 Å². The summed E-state index contributed by atoms with van der Waals surface area (Å²) in [7, 11) is 31.7. The molecule has 9 aromatic rings. The summed E-state index contributed by atoms with van der Waals surface area (Å²) in [6.07, 6.45) is 0. The van der Waals surface area contributed by atoms with Crippen molar-refractivity contribution in [1.29, 1.82) is 0 Å². The highest BCUT2D eigenvalue weighted by Crippen LogP contribution is 2.43. The zero-order valence-electron chi connectivity index (χ0n) is 26.1. The Labute approximate surface area is 293 Å². The predicted octanol–water partition coefficient (Wildman–Crippen LogP) is 4.31. The van der Waals surface area contributed by atoms with Crippen molar-refractivity contribution in [1.82, 2.24) is 19.5 Å². The van der Waals surface area contributed by atoms with Crippen molar-refractivity contribution < 1.29 is 0 Å². The van der Waals surface area contributed by atoms with Crippen LogP contribution in [0.25, 0.3) is 81.8 Å². The number of fused-ring (bicyclic) bond motifs is 6. The minimum absolute atomic E-state index is 0.130. The van der Waals surface area contributed by atoms with Gasteiger partial charge in [0.2, 0.25) is 0 Å². The Balaban J connectivity index is 1.33. The monoisotopic (exact) mass is 630 g/mol. The van der Waals surface area contributed by atoms with Crippen molar-refractivity contribution in [2.24, 2.45) is 0 Å². The minimum atomic E-state index is 0.130. The van der Waals surface area contributed by atoms with Gasteiger partial charge in [-0.2, -0.15) is 0 Å². The quantitative estimate of drug-likeness (QED) is 0.273. The van der Waals surface area contributed by atoms with E-state index in [0.29, 0.717) is 17.2 Å². The lowest BCUT2D eigenvalue weighted by Gasteiger charge is -2.20. The molecule has 3 heterocycles. The number of aromatic nitrogens is 4. The lowest BCUT2D eigenvalue weighted by Crippen LogP contribution is -2.55. The van der Waals surface area contributed by atoms with E-state index in [1.165, 1.54) is 10.8 Å². The van der Waals surface area contributed by atoms with Gasteiger partial charge >= 0.3 is 0 Å². The van der Waals surface area contributed by atoms with E-state index in [-0.39, 0.29) is 33.1 Å². The SMILES string of the molecule is [B]c1c([B])c([B])c(-c2nc(-c3ccccc3)nc(-c3cccc4sc5c(-n6c7ccccc7c7ccccc76)cccc5c34)n2)c([B])c1[B]. The fourth-order valence-electron chi connectivity index (χ4n) is 6.79. The lowest BCUT2D eigenvalue weighted by molar-refractivity contribution is 1.08. The molecule has 0 bridgehead atoms. The maximum Gasteiger partial charge on any atom is 0.164 e. The first-order chi connectivity index (χ1) is 23.9. The third-order valence-electron chi connectivity index (χ3n) is 9.15. The number of para-hydroxylation sites is 2. The first-order valence-corrected chi connectivity index (χ1v) is 16.5. The molecule has 0 fully saturated rings. The smallest absolute Gasteiger partial charge is 0.164 e. The van der Waals surface area contributed by atoms with Crippen LogP contribution in [0, 0.1) is 0 Å². The third-order valence-corrected chi connectivity index (χ3v) is 10.3. The van der Waals surface area contributed by atoms with Crippen LogP contribution in [0.15, 0.2) is 115 Å². The van der Waals surface area contributed by atoms with Crippen LogP contribution in [-0.4, -0.2) is 58.8 Å². The van der Waals surface area contributed by atoms with Gasteiger partial charge in [-0.25, -0.2) is 15.0 Å². The molecule has 49 heavy (non-hydrogen) atoms. The molecule has 4 nitrogen and oxygen atoms in total. The highest BCUT2D eigenvalue weighted by molar-refractivity contribution is 7.26. The van der Waals surface area contributed by atoms with Gasteiger partial charge in [0.15, 0.2) is 17.5 Å². The molecule has 0 aliphatic carbocycles. The summed E-state index contributed by atoms with van der Waals surface area (Å²) in [5, 5.41) is 4.56. The number of hydrogen-bond donors (Lipinski definition) is 0. The Bertz CT molecular complexity index is 2710. The van der Waals surface area contributed by atoms with Crippen molar-refractivity contribution in [3.63, 3.8) is 0 Å². The molecule has 0 spiro atoms. The highest BCUT2D eigenvalue weighted by atomic mass is 32.1. The Morgan fingerprint density at radius 2 is 1.02 bits per heavy atom. The predicted molar refractivity (Wildman–Crippen MR) is 210 cm³/mol. The number of hydrogen-bond acceptors (Lipinski definition) is 4. The normalized spacial score (nSPS) is 11.7. The second kappa shape index (κ2) is 11.4. The summed E-state index contributed by atoms with van der Waals surface area (Å²) in [5.74, 6) is 1.17. The van der Waals surface area contributed by atoms with Gasteiger partial charge in [-0.1, -0.05) is 102 Å². The zero-order chi connectivity index (χ0) is 33.4. The molecule has 0 saturated heterocycles. The summed E-state index contributed by atoms with van der Waals surface area (Å²) in [6, 6.07) is 39.4. The molecular formula is C39H19B5N4S. The summed E-state index contributed by atoms with van der Waals surface area (Å²) < 4.78 is 4.61. The standard InChI is InChI=1S/C39H19B5N4S/c40-31-30(32(41)34(43)35(44)33(31)42)39-46-37(20-10-2-1-3-11-20)45-38(47-39)24-15-9-19-28-29(24)23-14-8-18-27(36(23)49-28)48-25-16-6-4-12-21(25)22-13-5-7-17-26(22)48/h1-19H. The maximum atomic E-state index is 6.51. The number of nitrogens with zero attached hydrogens (tertiary/aromatic N) is 4. The fraction of sp³-hybridized carbons (Fsp3) is 0. The molecule has 216 valence electrons. The Hall–Kier alpha value is -5.33. The topological polar surface area (TPSA) is 43.6 Å². The molecule has 10 heteroatoms. The van der Waals surface area contributed by atoms with Gasteiger partial charge in [0, 0.05) is 42.9 Å². The average molecular weight is 630 g/mol. The van der Waals surface area contributed by atoms with Gasteiger partial charge in [-0.15, -0.1) is 27.7 Å². The molecule has 10 radical (unpaired) electrons. The summed E-state index contributed by atoms with van der Waals surface area (Å²) in [5.41, 5.74) is 6.10. The van der Waals surface area contributed by atoms with Gasteiger partial charge in [0.25, 0.3) is 0 Å². The van der Waals surface area contributed by atoms with Crippen molar-refractivity contribution >= 4 is 120 Å². The van der Waals surface area contributed by atoms with Gasteiger partial charge in [-0.3, -0.25) is 0 Å². The van der Waals surface area contributed by atoms with Gasteiger partial charge in [-0.05, 0) is 24.3 Å². The molecule has 0 saturated carbocycles. The zero-order valence-corrected chi connectivity index (χ0v) is 26.9. The molecule has 0 N–H and O–H groups in total. The molecule has 0 aliphatic rings. The average Bonchev–Trinajstić information content (AvgIpc) is 3.70. The summed E-state index contributed by atoms with van der Waals surface area (Å²) in [4.78, 5) is 14.8. The van der Waals surface area contributed by atoms with E-state index in [4.69, 9.17) is 54.2 Å². The number of thiophene rings is 1. The fourth-order valence-corrected chi connectivity index (χ4v) is 8.02. The van der Waals surface area contributed by atoms with Crippen LogP contribution in [-0.2, 0) is 0 Å².